The summed E-state index contributed by atoms with van der Waals surface area (Å²) in [5.74, 6) is 0. The quantitative estimate of drug-likeness (QED) is 0.643. The van der Waals surface area contributed by atoms with Crippen LogP contribution in [0.3, 0.4) is 0 Å². The van der Waals surface area contributed by atoms with Gasteiger partial charge < -0.3 is 20.5 Å². The van der Waals surface area contributed by atoms with Crippen molar-refractivity contribution in [3.8, 4) is 0 Å². The van der Waals surface area contributed by atoms with Crippen LogP contribution < -0.4 is 10.6 Å². The van der Waals surface area contributed by atoms with Crippen molar-refractivity contribution < 1.29 is 14.6 Å². The molecule has 1 unspecified atom stereocenters. The molecule has 0 radical (unpaired) electrons. The highest BCUT2D eigenvalue weighted by atomic mass is 16.5. The Labute approximate surface area is 91.2 Å². The van der Waals surface area contributed by atoms with Crippen LogP contribution in [0.25, 0.3) is 0 Å². The Morgan fingerprint density at radius 2 is 1.87 bits per heavy atom. The summed E-state index contributed by atoms with van der Waals surface area (Å²) in [5, 5.41) is 15.0. The van der Waals surface area contributed by atoms with Crippen LogP contribution in [0.4, 0.5) is 4.79 Å². The average molecular weight is 218 g/mol. The third-order valence-electron chi connectivity index (χ3n) is 1.57. The molecule has 0 aliphatic rings. The molecule has 0 saturated heterocycles. The van der Waals surface area contributed by atoms with Crippen molar-refractivity contribution >= 4 is 6.03 Å². The Hall–Kier alpha value is -0.810. The molecule has 1 atom stereocenters. The first-order valence-corrected chi connectivity index (χ1v) is 4.94. The second-order valence-electron chi connectivity index (χ2n) is 4.99. The van der Waals surface area contributed by atoms with Gasteiger partial charge in [-0.3, -0.25) is 0 Å². The molecule has 0 spiro atoms. The highest BCUT2D eigenvalue weighted by molar-refractivity contribution is 5.74. The van der Waals surface area contributed by atoms with Crippen molar-refractivity contribution in [3.63, 3.8) is 0 Å². The number of urea groups is 1. The van der Waals surface area contributed by atoms with Crippen molar-refractivity contribution in [2.75, 3.05) is 20.3 Å². The lowest BCUT2D eigenvalue weighted by Gasteiger charge is -2.25. The summed E-state index contributed by atoms with van der Waals surface area (Å²) in [5.41, 5.74) is -1.32. The number of hydrogen-bond acceptors (Lipinski definition) is 3. The van der Waals surface area contributed by atoms with E-state index < -0.39 is 5.60 Å². The number of rotatable bonds is 4. The van der Waals surface area contributed by atoms with E-state index in [0.717, 1.165) is 0 Å². The SMILES string of the molecule is COCC(C)(O)CNC(=O)NC(C)(C)C. The zero-order chi connectivity index (χ0) is 12.1. The summed E-state index contributed by atoms with van der Waals surface area (Å²) in [4.78, 5) is 11.3. The highest BCUT2D eigenvalue weighted by Gasteiger charge is 2.22. The predicted octanol–water partition coefficient (Wildman–Crippen LogP) is 0.481. The van der Waals surface area contributed by atoms with Gasteiger partial charge in [-0.1, -0.05) is 0 Å². The smallest absolute Gasteiger partial charge is 0.315 e. The van der Waals surface area contributed by atoms with Gasteiger partial charge in [0, 0.05) is 12.6 Å². The van der Waals surface area contributed by atoms with Gasteiger partial charge >= 0.3 is 6.03 Å². The molecule has 5 heteroatoms. The maximum Gasteiger partial charge on any atom is 0.315 e. The van der Waals surface area contributed by atoms with Crippen LogP contribution in [0.1, 0.15) is 27.7 Å². The summed E-state index contributed by atoms with van der Waals surface area (Å²) in [6, 6.07) is -0.293. The number of hydrogen-bond donors (Lipinski definition) is 3. The van der Waals surface area contributed by atoms with Crippen molar-refractivity contribution in [2.45, 2.75) is 38.8 Å². The molecule has 0 aromatic carbocycles. The normalized spacial score (nSPS) is 15.6. The molecule has 2 amide bonds. The van der Waals surface area contributed by atoms with Crippen molar-refractivity contribution in [1.29, 1.82) is 0 Å². The molecule has 0 bridgehead atoms. The zero-order valence-electron chi connectivity index (χ0n) is 10.2. The monoisotopic (exact) mass is 218 g/mol. The Morgan fingerprint density at radius 1 is 1.33 bits per heavy atom. The van der Waals surface area contributed by atoms with Crippen molar-refractivity contribution in [3.05, 3.63) is 0 Å². The molecule has 0 aromatic heterocycles. The number of nitrogens with one attached hydrogen (secondary N) is 2. The fourth-order valence-electron chi connectivity index (χ4n) is 1.02. The minimum absolute atomic E-state index is 0.156. The summed E-state index contributed by atoms with van der Waals surface area (Å²) in [6.45, 7) is 7.61. The van der Waals surface area contributed by atoms with Crippen molar-refractivity contribution in [1.82, 2.24) is 10.6 Å². The largest absolute Gasteiger partial charge is 0.386 e. The molecule has 0 aliphatic carbocycles. The maximum atomic E-state index is 11.3. The molecule has 0 saturated carbocycles. The zero-order valence-corrected chi connectivity index (χ0v) is 10.2. The third-order valence-corrected chi connectivity index (χ3v) is 1.57. The third kappa shape index (κ3) is 8.20. The molecule has 0 aliphatic heterocycles. The fourth-order valence-corrected chi connectivity index (χ4v) is 1.02. The van der Waals surface area contributed by atoms with Gasteiger partial charge in [0.1, 0.15) is 5.60 Å². The van der Waals surface area contributed by atoms with Gasteiger partial charge in [-0.25, -0.2) is 4.79 Å². The molecule has 0 heterocycles. The van der Waals surface area contributed by atoms with E-state index in [2.05, 4.69) is 10.6 Å². The summed E-state index contributed by atoms with van der Waals surface area (Å²) >= 11 is 0. The first-order valence-electron chi connectivity index (χ1n) is 4.94. The van der Waals surface area contributed by atoms with Crippen LogP contribution in [-0.2, 0) is 4.74 Å². The van der Waals surface area contributed by atoms with Gasteiger partial charge in [-0.05, 0) is 27.7 Å². The predicted molar refractivity (Wildman–Crippen MR) is 58.8 cm³/mol. The molecule has 0 rings (SSSR count). The Bertz CT molecular complexity index is 209. The van der Waals surface area contributed by atoms with E-state index in [1.165, 1.54) is 7.11 Å². The summed E-state index contributed by atoms with van der Waals surface area (Å²) in [6.07, 6.45) is 0. The molecular weight excluding hydrogens is 196 g/mol. The molecule has 15 heavy (non-hydrogen) atoms. The highest BCUT2D eigenvalue weighted by Crippen LogP contribution is 2.02. The van der Waals surface area contributed by atoms with E-state index in [1.54, 1.807) is 6.92 Å². The molecule has 0 aromatic rings. The van der Waals surface area contributed by atoms with E-state index in [4.69, 9.17) is 4.74 Å². The van der Waals surface area contributed by atoms with Crippen LogP contribution in [0, 0.1) is 0 Å². The lowest BCUT2D eigenvalue weighted by molar-refractivity contribution is -0.0137. The Balaban J connectivity index is 3.90. The van der Waals surface area contributed by atoms with E-state index in [0.29, 0.717) is 0 Å². The first-order chi connectivity index (χ1) is 6.66. The maximum absolute atomic E-state index is 11.3. The second kappa shape index (κ2) is 5.32. The first kappa shape index (κ1) is 14.2. The van der Waals surface area contributed by atoms with Gasteiger partial charge in [-0.15, -0.1) is 0 Å². The van der Waals surface area contributed by atoms with Gasteiger partial charge in [-0.2, -0.15) is 0 Å². The van der Waals surface area contributed by atoms with Crippen LogP contribution >= 0.6 is 0 Å². The van der Waals surface area contributed by atoms with Crippen LogP contribution in [0.2, 0.25) is 0 Å². The molecular formula is C10H22N2O3. The summed E-state index contributed by atoms with van der Waals surface area (Å²) < 4.78 is 4.82. The number of amides is 2. The van der Waals surface area contributed by atoms with Gasteiger partial charge in [0.25, 0.3) is 0 Å². The number of ether oxygens (including phenoxy) is 1. The van der Waals surface area contributed by atoms with Gasteiger partial charge in [0.15, 0.2) is 0 Å². The van der Waals surface area contributed by atoms with Crippen LogP contribution in [0.5, 0.6) is 0 Å². The second-order valence-corrected chi connectivity index (χ2v) is 4.99. The van der Waals surface area contributed by atoms with Gasteiger partial charge in [0.05, 0.1) is 13.2 Å². The standard InChI is InChI=1S/C10H22N2O3/c1-9(2,3)12-8(13)11-6-10(4,14)7-15-5/h14H,6-7H2,1-5H3,(H2,11,12,13). The molecule has 0 fully saturated rings. The number of carbonyl (C=O) groups excluding carboxylic acids is 1. The minimum Gasteiger partial charge on any atom is -0.386 e. The molecule has 5 nitrogen and oxygen atoms in total. The van der Waals surface area contributed by atoms with E-state index in [1.807, 2.05) is 20.8 Å². The number of aliphatic hydroxyl groups is 1. The lowest BCUT2D eigenvalue weighted by atomic mass is 10.1. The summed E-state index contributed by atoms with van der Waals surface area (Å²) in [7, 11) is 1.50. The van der Waals surface area contributed by atoms with Crippen molar-refractivity contribution in [2.24, 2.45) is 0 Å². The number of methoxy groups -OCH3 is 1. The average Bonchev–Trinajstić information content (AvgIpc) is 1.98. The van der Waals surface area contributed by atoms with Crippen LogP contribution in [-0.4, -0.2) is 42.5 Å². The number of carbonyl (C=O) groups is 1. The lowest BCUT2D eigenvalue weighted by Crippen LogP contribution is -2.51. The van der Waals surface area contributed by atoms with E-state index in [-0.39, 0.29) is 24.7 Å². The Kier molecular flexibility index (Phi) is 5.03. The molecule has 3 N–H and O–H groups in total. The van der Waals surface area contributed by atoms with E-state index >= 15 is 0 Å². The Morgan fingerprint density at radius 3 is 2.27 bits per heavy atom. The topological polar surface area (TPSA) is 70.6 Å². The van der Waals surface area contributed by atoms with E-state index in [9.17, 15) is 9.90 Å². The van der Waals surface area contributed by atoms with Gasteiger partial charge in [0.2, 0.25) is 0 Å². The fraction of sp³-hybridized carbons (Fsp3) is 0.900. The van der Waals surface area contributed by atoms with Crippen LogP contribution in [0.15, 0.2) is 0 Å². The molecule has 90 valence electrons. The minimum atomic E-state index is -1.04.